The van der Waals surface area contributed by atoms with Gasteiger partial charge in [-0.15, -0.1) is 0 Å². The lowest BCUT2D eigenvalue weighted by Gasteiger charge is -2.45. The number of aliphatic hydroxyl groups excluding tert-OH is 1. The van der Waals surface area contributed by atoms with Gasteiger partial charge in [-0.3, -0.25) is 35.8 Å². The SMILES string of the molecule is NC1=NC23[C@H]([C@H]4NC(N)=[N+]2C[C@](OO[O-])(C[C@H]2[C@@H](CO)CON2C4=O)C3(O)O)N1COC(=O)NO. The van der Waals surface area contributed by atoms with E-state index >= 15 is 0 Å². The van der Waals surface area contributed by atoms with Crippen molar-refractivity contribution in [1.82, 2.24) is 20.8 Å². The second-order valence-electron chi connectivity index (χ2n) is 8.87. The summed E-state index contributed by atoms with van der Waals surface area (Å²) in [5, 5.41) is 60.6. The normalized spacial score (nSPS) is 38.9. The van der Waals surface area contributed by atoms with Gasteiger partial charge in [-0.2, -0.15) is 0 Å². The number of carbonyl (C=O) groups is 2. The van der Waals surface area contributed by atoms with Crippen molar-refractivity contribution in [1.29, 1.82) is 0 Å². The molecule has 35 heavy (non-hydrogen) atoms. The molecule has 0 radical (unpaired) electrons. The molecule has 10 N–H and O–H groups in total. The van der Waals surface area contributed by atoms with Gasteiger partial charge >= 0.3 is 12.1 Å². The number of hydroxylamine groups is 3. The van der Waals surface area contributed by atoms with Crippen molar-refractivity contribution in [2.45, 2.75) is 41.6 Å². The summed E-state index contributed by atoms with van der Waals surface area (Å²) >= 11 is 0. The van der Waals surface area contributed by atoms with Crippen LogP contribution in [0.4, 0.5) is 4.79 Å². The minimum atomic E-state index is -3.10. The van der Waals surface area contributed by atoms with Gasteiger partial charge in [0.15, 0.2) is 24.3 Å². The Morgan fingerprint density at radius 1 is 1.43 bits per heavy atom. The summed E-state index contributed by atoms with van der Waals surface area (Å²) in [5.74, 6) is -5.14. The number of rotatable bonds is 5. The number of fused-ring (bicyclic) bond motifs is 2. The van der Waals surface area contributed by atoms with Crippen LogP contribution in [0.5, 0.6) is 0 Å². The number of hydrogen-bond acceptors (Lipinski definition) is 16. The molecule has 5 aliphatic rings. The van der Waals surface area contributed by atoms with Gasteiger partial charge in [0.05, 0.1) is 19.3 Å². The Balaban J connectivity index is 1.72. The fourth-order valence-corrected chi connectivity index (χ4v) is 5.77. The van der Waals surface area contributed by atoms with E-state index in [1.165, 1.54) is 10.1 Å². The Morgan fingerprint density at radius 3 is 2.83 bits per heavy atom. The van der Waals surface area contributed by atoms with Crippen LogP contribution in [0.15, 0.2) is 4.99 Å². The van der Waals surface area contributed by atoms with E-state index in [9.17, 15) is 30.2 Å². The Labute approximate surface area is 195 Å². The monoisotopic (exact) mass is 504 g/mol. The molecule has 0 saturated carbocycles. The van der Waals surface area contributed by atoms with Crippen LogP contribution in [0, 0.1) is 5.92 Å². The minimum Gasteiger partial charge on any atom is -0.692 e. The van der Waals surface area contributed by atoms with E-state index in [-0.39, 0.29) is 18.5 Å². The van der Waals surface area contributed by atoms with E-state index in [2.05, 4.69) is 15.3 Å². The summed E-state index contributed by atoms with van der Waals surface area (Å²) in [6.07, 6.45) is -1.71. The standard InChI is InChI=1S/C16H24N8O11/c17-11-19-8-9-15(20-12(18)22(9)5-32-13(27)21-30)16(28,29)14(34-35-31,4-23(11)15)1-7-6(2-25)3-33-24(7)10(8)26/h6-9,25,28-29H,1-5H2,(H7,17,18,19,20,21,27,30,31)/t6-,7-,8+,9-,14+,15?/m0/s1. The number of nitrogens with zero attached hydrogens (tertiary/aromatic N) is 4. The lowest BCUT2D eigenvalue weighted by atomic mass is 9.78. The molecule has 0 aliphatic carbocycles. The topological polar surface area (TPSA) is 273 Å². The fourth-order valence-electron chi connectivity index (χ4n) is 5.77. The van der Waals surface area contributed by atoms with Crippen molar-refractivity contribution < 1.29 is 59.4 Å². The molecule has 1 spiro atoms. The molecule has 0 aromatic heterocycles. The summed E-state index contributed by atoms with van der Waals surface area (Å²) < 4.78 is 6.02. The second kappa shape index (κ2) is 7.73. The third-order valence-corrected chi connectivity index (χ3v) is 7.36. The van der Waals surface area contributed by atoms with Crippen LogP contribution in [-0.2, 0) is 24.3 Å². The Morgan fingerprint density at radius 2 is 2.17 bits per heavy atom. The van der Waals surface area contributed by atoms with Crippen LogP contribution in [0.25, 0.3) is 0 Å². The molecule has 0 aromatic carbocycles. The number of aliphatic imine (C=N–C) groups is 1. The zero-order valence-electron chi connectivity index (χ0n) is 17.9. The molecule has 19 nitrogen and oxygen atoms in total. The average molecular weight is 504 g/mol. The quantitative estimate of drug-likeness (QED) is 0.0568. The first-order valence-electron chi connectivity index (χ1n) is 10.4. The molecule has 3 saturated heterocycles. The zero-order valence-corrected chi connectivity index (χ0v) is 17.9. The molecule has 1 unspecified atom stereocenters. The zero-order chi connectivity index (χ0) is 25.3. The number of aliphatic hydroxyl groups is 3. The third-order valence-electron chi connectivity index (χ3n) is 7.36. The lowest BCUT2D eigenvalue weighted by Crippen LogP contribution is -2.78. The molecule has 6 atom stereocenters. The van der Waals surface area contributed by atoms with E-state index in [4.69, 9.17) is 31.1 Å². The van der Waals surface area contributed by atoms with Gasteiger partial charge in [0.2, 0.25) is 0 Å². The van der Waals surface area contributed by atoms with Gasteiger partial charge in [0, 0.05) is 12.3 Å². The summed E-state index contributed by atoms with van der Waals surface area (Å²) in [6, 6.07) is -3.83. The van der Waals surface area contributed by atoms with Crippen molar-refractivity contribution in [3.63, 3.8) is 0 Å². The Bertz CT molecular complexity index is 1010. The van der Waals surface area contributed by atoms with Crippen molar-refractivity contribution in [3.8, 4) is 0 Å². The Kier molecular flexibility index (Phi) is 5.23. The van der Waals surface area contributed by atoms with Crippen LogP contribution >= 0.6 is 0 Å². The second-order valence-corrected chi connectivity index (χ2v) is 8.87. The van der Waals surface area contributed by atoms with Crippen LogP contribution in [0.1, 0.15) is 6.42 Å². The molecule has 5 aliphatic heterocycles. The number of carbonyl (C=O) groups excluding carboxylic acids is 2. The van der Waals surface area contributed by atoms with Crippen LogP contribution in [0.3, 0.4) is 0 Å². The molecule has 0 aromatic rings. The number of guanidine groups is 2. The summed E-state index contributed by atoms with van der Waals surface area (Å²) in [4.78, 5) is 41.0. The smallest absolute Gasteiger partial charge is 0.432 e. The van der Waals surface area contributed by atoms with E-state index in [1.54, 1.807) is 0 Å². The number of nitrogens with two attached hydrogens (primary N) is 2. The van der Waals surface area contributed by atoms with Crippen molar-refractivity contribution in [2.24, 2.45) is 22.4 Å². The highest BCUT2D eigenvalue weighted by Gasteiger charge is 2.84. The number of amides is 2. The molecular weight excluding hydrogens is 480 g/mol. The molecule has 5 heterocycles. The first-order chi connectivity index (χ1) is 16.6. The molecular formula is C16H24N8O11. The highest BCUT2D eigenvalue weighted by atomic mass is 17.5. The summed E-state index contributed by atoms with van der Waals surface area (Å²) in [7, 11) is 0. The molecule has 2 amide bonds. The highest BCUT2D eigenvalue weighted by molar-refractivity contribution is 5.92. The van der Waals surface area contributed by atoms with Gasteiger partial charge in [-0.1, -0.05) is 0 Å². The predicted octanol–water partition coefficient (Wildman–Crippen LogP) is -7.14. The van der Waals surface area contributed by atoms with Crippen molar-refractivity contribution >= 4 is 23.9 Å². The van der Waals surface area contributed by atoms with Crippen LogP contribution < -0.4 is 27.5 Å². The van der Waals surface area contributed by atoms with Gasteiger partial charge in [-0.05, 0) is 0 Å². The number of nitrogens with one attached hydrogen (secondary N) is 2. The first-order valence-corrected chi connectivity index (χ1v) is 10.4. The summed E-state index contributed by atoms with van der Waals surface area (Å²) in [5.41, 5.74) is 8.95. The Hall–Kier alpha value is -3.04. The minimum absolute atomic E-state index is 0.0986. The maximum absolute atomic E-state index is 13.7. The molecule has 3 fully saturated rings. The largest absolute Gasteiger partial charge is 0.692 e. The molecule has 3 bridgehead atoms. The van der Waals surface area contributed by atoms with Gasteiger partial charge in [-0.25, -0.2) is 29.8 Å². The van der Waals surface area contributed by atoms with E-state index < -0.39 is 79.4 Å². The maximum Gasteiger partial charge on any atom is 0.432 e. The van der Waals surface area contributed by atoms with Gasteiger partial charge < -0.3 is 31.0 Å². The van der Waals surface area contributed by atoms with E-state index in [0.717, 1.165) is 9.96 Å². The predicted molar refractivity (Wildman–Crippen MR) is 101 cm³/mol. The molecule has 194 valence electrons. The fraction of sp³-hybridized carbons (Fsp3) is 0.750. The first kappa shape index (κ1) is 23.7. The average Bonchev–Trinajstić information content (AvgIpc) is 3.42. The van der Waals surface area contributed by atoms with E-state index in [0.29, 0.717) is 0 Å². The van der Waals surface area contributed by atoms with Crippen LogP contribution in [-0.4, -0.2) is 121 Å². The van der Waals surface area contributed by atoms with E-state index in [1.807, 2.05) is 0 Å². The van der Waals surface area contributed by atoms with Gasteiger partial charge in [0.25, 0.3) is 17.4 Å². The van der Waals surface area contributed by atoms with Crippen molar-refractivity contribution in [3.05, 3.63) is 0 Å². The summed E-state index contributed by atoms with van der Waals surface area (Å²) in [6.45, 7) is -1.71. The third kappa shape index (κ3) is 2.82. The highest BCUT2D eigenvalue weighted by Crippen LogP contribution is 2.54. The number of ether oxygens (including phenoxy) is 1. The number of hydrogen-bond donors (Lipinski definition) is 8. The molecule has 5 rings (SSSR count). The van der Waals surface area contributed by atoms with Gasteiger partial charge in [0.1, 0.15) is 12.6 Å². The molecule has 19 heteroatoms. The maximum atomic E-state index is 13.7. The van der Waals surface area contributed by atoms with Crippen LogP contribution in [0.2, 0.25) is 0 Å². The lowest BCUT2D eigenvalue weighted by molar-refractivity contribution is -0.815. The van der Waals surface area contributed by atoms with Crippen molar-refractivity contribution in [2.75, 3.05) is 26.5 Å².